The lowest BCUT2D eigenvalue weighted by atomic mass is 10.2. The molecule has 5 nitrogen and oxygen atoms in total. The number of nitrogens with two attached hydrogens (primary N) is 1. The Morgan fingerprint density at radius 1 is 1.50 bits per heavy atom. The summed E-state index contributed by atoms with van der Waals surface area (Å²) in [5, 5.41) is 0. The smallest absolute Gasteiger partial charge is 0.243 e. The molecule has 112 valence electrons. The van der Waals surface area contributed by atoms with Crippen molar-refractivity contribution in [2.75, 3.05) is 25.4 Å². The van der Waals surface area contributed by atoms with Crippen LogP contribution >= 0.6 is 0 Å². The quantitative estimate of drug-likeness (QED) is 0.801. The van der Waals surface area contributed by atoms with Crippen LogP contribution < -0.4 is 10.5 Å². The summed E-state index contributed by atoms with van der Waals surface area (Å²) in [6, 6.07) is 3.78. The van der Waals surface area contributed by atoms with Gasteiger partial charge in [-0.1, -0.05) is 6.92 Å². The van der Waals surface area contributed by atoms with Crippen LogP contribution in [0.3, 0.4) is 0 Å². The molecule has 20 heavy (non-hydrogen) atoms. The third-order valence-corrected chi connectivity index (χ3v) is 5.12. The molecular formula is C13H20FN3O2S. The number of rotatable bonds is 5. The number of nitrogen functional groups attached to an aromatic ring is 1. The standard InChI is InChI=1S/C13H20FN3O2S/c1-2-17-7-3-4-11(17)9-16-20(18,19)13-6-5-10(15)8-12(13)14/h5-6,8,11,16H,2-4,7,9,15H2,1H3. The maximum Gasteiger partial charge on any atom is 0.243 e. The number of hydrogen-bond acceptors (Lipinski definition) is 4. The highest BCUT2D eigenvalue weighted by Crippen LogP contribution is 2.19. The molecule has 1 aliphatic rings. The highest BCUT2D eigenvalue weighted by molar-refractivity contribution is 7.89. The fourth-order valence-electron chi connectivity index (χ4n) is 2.56. The molecule has 0 amide bonds. The first-order chi connectivity index (χ1) is 9.44. The maximum absolute atomic E-state index is 13.7. The normalized spacial score (nSPS) is 20.4. The third kappa shape index (κ3) is 3.28. The van der Waals surface area contributed by atoms with E-state index in [0.29, 0.717) is 6.54 Å². The summed E-state index contributed by atoms with van der Waals surface area (Å²) in [7, 11) is -3.83. The van der Waals surface area contributed by atoms with Gasteiger partial charge in [-0.3, -0.25) is 4.90 Å². The molecule has 0 radical (unpaired) electrons. The number of benzene rings is 1. The van der Waals surface area contributed by atoms with Crippen molar-refractivity contribution in [2.45, 2.75) is 30.7 Å². The third-order valence-electron chi connectivity index (χ3n) is 3.66. The van der Waals surface area contributed by atoms with Crippen molar-refractivity contribution in [3.8, 4) is 0 Å². The molecule has 1 heterocycles. The van der Waals surface area contributed by atoms with Crippen molar-refractivity contribution in [3.05, 3.63) is 24.0 Å². The van der Waals surface area contributed by atoms with Crippen molar-refractivity contribution < 1.29 is 12.8 Å². The zero-order valence-electron chi connectivity index (χ0n) is 11.5. The number of likely N-dealkylation sites (tertiary alicyclic amines) is 1. The van der Waals surface area contributed by atoms with E-state index >= 15 is 0 Å². The summed E-state index contributed by atoms with van der Waals surface area (Å²) in [5.41, 5.74) is 5.62. The molecule has 1 unspecified atom stereocenters. The second kappa shape index (κ2) is 6.07. The van der Waals surface area contributed by atoms with Crippen LogP contribution in [0.5, 0.6) is 0 Å². The van der Waals surface area contributed by atoms with Crippen molar-refractivity contribution in [1.29, 1.82) is 0 Å². The molecule has 1 atom stereocenters. The Hall–Kier alpha value is -1.18. The first kappa shape index (κ1) is 15.2. The van der Waals surface area contributed by atoms with Crippen LogP contribution in [0.15, 0.2) is 23.1 Å². The number of halogens is 1. The molecule has 7 heteroatoms. The van der Waals surface area contributed by atoms with E-state index < -0.39 is 15.8 Å². The highest BCUT2D eigenvalue weighted by Gasteiger charge is 2.26. The van der Waals surface area contributed by atoms with Gasteiger partial charge in [-0.05, 0) is 44.1 Å². The molecule has 1 saturated heterocycles. The van der Waals surface area contributed by atoms with Gasteiger partial charge in [0.25, 0.3) is 0 Å². The highest BCUT2D eigenvalue weighted by atomic mass is 32.2. The van der Waals surface area contributed by atoms with Gasteiger partial charge in [-0.2, -0.15) is 0 Å². The Bertz CT molecular complexity index is 577. The second-order valence-electron chi connectivity index (χ2n) is 4.97. The van der Waals surface area contributed by atoms with Crippen LogP contribution in [-0.4, -0.2) is 39.0 Å². The lowest BCUT2D eigenvalue weighted by molar-refractivity contribution is 0.268. The molecule has 1 aromatic carbocycles. The molecule has 1 aromatic rings. The molecule has 0 aliphatic carbocycles. The van der Waals surface area contributed by atoms with E-state index in [2.05, 4.69) is 9.62 Å². The molecule has 0 spiro atoms. The van der Waals surface area contributed by atoms with Crippen molar-refractivity contribution in [1.82, 2.24) is 9.62 Å². The van der Waals surface area contributed by atoms with Crippen LogP contribution in [0.2, 0.25) is 0 Å². The summed E-state index contributed by atoms with van der Waals surface area (Å²) in [4.78, 5) is 1.87. The largest absolute Gasteiger partial charge is 0.399 e. The van der Waals surface area contributed by atoms with Gasteiger partial charge < -0.3 is 5.73 Å². The first-order valence-electron chi connectivity index (χ1n) is 6.73. The fourth-order valence-corrected chi connectivity index (χ4v) is 3.69. The molecule has 3 N–H and O–H groups in total. The van der Waals surface area contributed by atoms with Gasteiger partial charge in [0.2, 0.25) is 10.0 Å². The summed E-state index contributed by atoms with van der Waals surface area (Å²) in [5.74, 6) is -0.823. The number of anilines is 1. The average Bonchev–Trinajstić information content (AvgIpc) is 2.83. The second-order valence-corrected chi connectivity index (χ2v) is 6.70. The van der Waals surface area contributed by atoms with Crippen molar-refractivity contribution in [3.63, 3.8) is 0 Å². The molecule has 0 saturated carbocycles. The summed E-state index contributed by atoms with van der Waals surface area (Å²) in [6.45, 7) is 4.23. The molecule has 0 aromatic heterocycles. The summed E-state index contributed by atoms with van der Waals surface area (Å²) < 4.78 is 40.4. The van der Waals surface area contributed by atoms with E-state index in [4.69, 9.17) is 5.73 Å². The van der Waals surface area contributed by atoms with Gasteiger partial charge in [0.15, 0.2) is 0 Å². The first-order valence-corrected chi connectivity index (χ1v) is 8.21. The molecule has 2 rings (SSSR count). The van der Waals surface area contributed by atoms with E-state index in [9.17, 15) is 12.8 Å². The number of hydrogen-bond donors (Lipinski definition) is 2. The van der Waals surface area contributed by atoms with Gasteiger partial charge in [0.1, 0.15) is 10.7 Å². The van der Waals surface area contributed by atoms with Crippen LogP contribution in [0.25, 0.3) is 0 Å². The summed E-state index contributed by atoms with van der Waals surface area (Å²) >= 11 is 0. The number of likely N-dealkylation sites (N-methyl/N-ethyl adjacent to an activating group) is 1. The zero-order valence-corrected chi connectivity index (χ0v) is 12.3. The lowest BCUT2D eigenvalue weighted by Gasteiger charge is -2.22. The SMILES string of the molecule is CCN1CCCC1CNS(=O)(=O)c1ccc(N)cc1F. The van der Waals surface area contributed by atoms with Gasteiger partial charge in [0.05, 0.1) is 0 Å². The minimum absolute atomic E-state index is 0.187. The van der Waals surface area contributed by atoms with Gasteiger partial charge in [-0.15, -0.1) is 0 Å². The Kier molecular flexibility index (Phi) is 4.62. The number of sulfonamides is 1. The van der Waals surface area contributed by atoms with Gasteiger partial charge >= 0.3 is 0 Å². The van der Waals surface area contributed by atoms with E-state index in [-0.39, 0.29) is 16.6 Å². The maximum atomic E-state index is 13.7. The monoisotopic (exact) mass is 301 g/mol. The fraction of sp³-hybridized carbons (Fsp3) is 0.538. The van der Waals surface area contributed by atoms with Gasteiger partial charge in [-0.25, -0.2) is 17.5 Å². The van der Waals surface area contributed by atoms with Crippen molar-refractivity contribution >= 4 is 15.7 Å². The molecule has 1 aliphatic heterocycles. The molecule has 0 bridgehead atoms. The van der Waals surface area contributed by atoms with E-state index in [1.165, 1.54) is 12.1 Å². The molecule has 1 fully saturated rings. The number of nitrogens with one attached hydrogen (secondary N) is 1. The Labute approximate surface area is 119 Å². The topological polar surface area (TPSA) is 75.4 Å². The van der Waals surface area contributed by atoms with Crippen LogP contribution in [-0.2, 0) is 10.0 Å². The Balaban J connectivity index is 2.07. The van der Waals surface area contributed by atoms with Crippen LogP contribution in [0, 0.1) is 5.82 Å². The minimum atomic E-state index is -3.83. The average molecular weight is 301 g/mol. The number of nitrogens with zero attached hydrogens (tertiary/aromatic N) is 1. The predicted molar refractivity (Wildman–Crippen MR) is 76.3 cm³/mol. The Morgan fingerprint density at radius 2 is 2.25 bits per heavy atom. The lowest BCUT2D eigenvalue weighted by Crippen LogP contribution is -2.40. The minimum Gasteiger partial charge on any atom is -0.399 e. The van der Waals surface area contributed by atoms with E-state index in [0.717, 1.165) is 32.0 Å². The van der Waals surface area contributed by atoms with Crippen molar-refractivity contribution in [2.24, 2.45) is 0 Å². The Morgan fingerprint density at radius 3 is 2.90 bits per heavy atom. The molecular weight excluding hydrogens is 281 g/mol. The predicted octanol–water partition coefficient (Wildman–Crippen LogP) is 1.17. The van der Waals surface area contributed by atoms with E-state index in [1.807, 2.05) is 6.92 Å². The van der Waals surface area contributed by atoms with Crippen LogP contribution in [0.1, 0.15) is 19.8 Å². The summed E-state index contributed by atoms with van der Waals surface area (Å²) in [6.07, 6.45) is 2.02. The van der Waals surface area contributed by atoms with E-state index in [1.54, 1.807) is 0 Å². The van der Waals surface area contributed by atoms with Crippen LogP contribution in [0.4, 0.5) is 10.1 Å². The zero-order chi connectivity index (χ0) is 14.8. The van der Waals surface area contributed by atoms with Gasteiger partial charge in [0, 0.05) is 18.3 Å².